The molecule has 2 aromatic rings. The Labute approximate surface area is 126 Å². The van der Waals surface area contributed by atoms with Crippen LogP contribution in [-0.2, 0) is 9.53 Å². The van der Waals surface area contributed by atoms with Crippen molar-refractivity contribution in [2.24, 2.45) is 0 Å². The first kappa shape index (κ1) is 15.3. The summed E-state index contributed by atoms with van der Waals surface area (Å²) in [5.41, 5.74) is 1.98. The molecule has 0 saturated carbocycles. The van der Waals surface area contributed by atoms with Gasteiger partial charge in [0.1, 0.15) is 0 Å². The van der Waals surface area contributed by atoms with E-state index < -0.39 is 0 Å². The number of rotatable bonds is 6. The Hall–Kier alpha value is -2.13. The molecule has 1 N–H and O–H groups in total. The van der Waals surface area contributed by atoms with Crippen LogP contribution in [-0.4, -0.2) is 25.7 Å². The van der Waals surface area contributed by atoms with Crippen molar-refractivity contribution >= 4 is 5.91 Å². The van der Waals surface area contributed by atoms with Gasteiger partial charge >= 0.3 is 0 Å². The Morgan fingerprint density at radius 1 is 1.00 bits per heavy atom. The lowest BCUT2D eigenvalue weighted by Gasteiger charge is -2.20. The van der Waals surface area contributed by atoms with E-state index in [0.29, 0.717) is 6.61 Å². The summed E-state index contributed by atoms with van der Waals surface area (Å²) in [4.78, 5) is 12.7. The van der Waals surface area contributed by atoms with Gasteiger partial charge in [0.25, 0.3) is 0 Å². The minimum Gasteiger partial charge on any atom is -0.383 e. The highest BCUT2D eigenvalue weighted by molar-refractivity contribution is 5.87. The second kappa shape index (κ2) is 7.60. The summed E-state index contributed by atoms with van der Waals surface area (Å²) in [6.07, 6.45) is 0. The molecule has 0 aliphatic rings. The van der Waals surface area contributed by atoms with Crippen molar-refractivity contribution in [3.8, 4) is 0 Å². The molecule has 0 saturated heterocycles. The summed E-state index contributed by atoms with van der Waals surface area (Å²) in [6.45, 7) is 2.44. The molecular formula is C18H21NO2. The Bertz CT molecular complexity index is 514. The monoisotopic (exact) mass is 283 g/mol. The molecule has 0 spiro atoms. The van der Waals surface area contributed by atoms with Gasteiger partial charge in [-0.3, -0.25) is 4.79 Å². The van der Waals surface area contributed by atoms with Gasteiger partial charge in [-0.05, 0) is 18.1 Å². The molecule has 0 bridgehead atoms. The van der Waals surface area contributed by atoms with Crippen LogP contribution in [0.25, 0.3) is 0 Å². The van der Waals surface area contributed by atoms with Crippen LogP contribution in [0.5, 0.6) is 0 Å². The molecule has 110 valence electrons. The number of methoxy groups -OCH3 is 1. The van der Waals surface area contributed by atoms with Gasteiger partial charge in [0.05, 0.1) is 12.5 Å². The predicted molar refractivity (Wildman–Crippen MR) is 84.2 cm³/mol. The molecule has 21 heavy (non-hydrogen) atoms. The topological polar surface area (TPSA) is 38.3 Å². The molecule has 1 atom stereocenters. The van der Waals surface area contributed by atoms with Crippen molar-refractivity contribution in [1.29, 1.82) is 0 Å². The van der Waals surface area contributed by atoms with Crippen LogP contribution in [0, 0.1) is 0 Å². The minimum atomic E-state index is -0.299. The van der Waals surface area contributed by atoms with Gasteiger partial charge in [-0.15, -0.1) is 0 Å². The molecule has 1 amide bonds. The third-order valence-electron chi connectivity index (χ3n) is 3.33. The SMILES string of the molecule is COC[C@H](C)NC(=O)C(c1ccccc1)c1ccccc1. The summed E-state index contributed by atoms with van der Waals surface area (Å²) in [7, 11) is 1.63. The number of carbonyl (C=O) groups is 1. The highest BCUT2D eigenvalue weighted by atomic mass is 16.5. The second-order valence-corrected chi connectivity index (χ2v) is 5.12. The van der Waals surface area contributed by atoms with E-state index in [9.17, 15) is 4.79 Å². The van der Waals surface area contributed by atoms with Gasteiger partial charge in [0.15, 0.2) is 0 Å². The maximum absolute atomic E-state index is 12.7. The molecule has 0 aromatic heterocycles. The van der Waals surface area contributed by atoms with Crippen molar-refractivity contribution in [1.82, 2.24) is 5.32 Å². The Balaban J connectivity index is 2.27. The second-order valence-electron chi connectivity index (χ2n) is 5.12. The minimum absolute atomic E-state index is 0.00282. The zero-order valence-electron chi connectivity index (χ0n) is 12.5. The fourth-order valence-corrected chi connectivity index (χ4v) is 2.40. The zero-order chi connectivity index (χ0) is 15.1. The molecule has 2 aromatic carbocycles. The smallest absolute Gasteiger partial charge is 0.232 e. The highest BCUT2D eigenvalue weighted by Gasteiger charge is 2.23. The Morgan fingerprint density at radius 2 is 1.48 bits per heavy atom. The number of hydrogen-bond acceptors (Lipinski definition) is 2. The summed E-state index contributed by atoms with van der Waals surface area (Å²) < 4.78 is 5.08. The van der Waals surface area contributed by atoms with Crippen LogP contribution in [0.3, 0.4) is 0 Å². The molecule has 2 rings (SSSR count). The lowest BCUT2D eigenvalue weighted by molar-refractivity contribution is -0.122. The Kier molecular flexibility index (Phi) is 5.52. The van der Waals surface area contributed by atoms with Gasteiger partial charge in [0, 0.05) is 13.2 Å². The fraction of sp³-hybridized carbons (Fsp3) is 0.278. The van der Waals surface area contributed by atoms with Crippen LogP contribution >= 0.6 is 0 Å². The first-order valence-electron chi connectivity index (χ1n) is 7.11. The summed E-state index contributed by atoms with van der Waals surface area (Å²) in [5.74, 6) is -0.302. The lowest BCUT2D eigenvalue weighted by atomic mass is 9.90. The molecule has 3 heteroatoms. The van der Waals surface area contributed by atoms with E-state index in [0.717, 1.165) is 11.1 Å². The lowest BCUT2D eigenvalue weighted by Crippen LogP contribution is -2.39. The molecule has 0 aliphatic carbocycles. The van der Waals surface area contributed by atoms with Crippen molar-refractivity contribution < 1.29 is 9.53 Å². The van der Waals surface area contributed by atoms with Crippen molar-refractivity contribution in [2.75, 3.05) is 13.7 Å². The van der Waals surface area contributed by atoms with Crippen LogP contribution < -0.4 is 5.32 Å². The fourth-order valence-electron chi connectivity index (χ4n) is 2.40. The molecule has 0 radical (unpaired) electrons. The van der Waals surface area contributed by atoms with E-state index in [1.807, 2.05) is 67.6 Å². The third kappa shape index (κ3) is 4.17. The Morgan fingerprint density at radius 3 is 1.90 bits per heavy atom. The third-order valence-corrected chi connectivity index (χ3v) is 3.33. The summed E-state index contributed by atoms with van der Waals surface area (Å²) >= 11 is 0. The van der Waals surface area contributed by atoms with Crippen LogP contribution in [0.4, 0.5) is 0 Å². The zero-order valence-corrected chi connectivity index (χ0v) is 12.5. The van der Waals surface area contributed by atoms with Crippen LogP contribution in [0.15, 0.2) is 60.7 Å². The van der Waals surface area contributed by atoms with E-state index in [1.54, 1.807) is 7.11 Å². The summed E-state index contributed by atoms with van der Waals surface area (Å²) in [5, 5.41) is 3.01. The van der Waals surface area contributed by atoms with E-state index in [4.69, 9.17) is 4.74 Å². The highest BCUT2D eigenvalue weighted by Crippen LogP contribution is 2.24. The molecule has 0 aliphatic heterocycles. The van der Waals surface area contributed by atoms with Crippen molar-refractivity contribution in [2.45, 2.75) is 18.9 Å². The first-order valence-corrected chi connectivity index (χ1v) is 7.11. The number of benzene rings is 2. The van der Waals surface area contributed by atoms with Crippen molar-refractivity contribution in [3.05, 3.63) is 71.8 Å². The average molecular weight is 283 g/mol. The maximum atomic E-state index is 12.7. The van der Waals surface area contributed by atoms with E-state index in [2.05, 4.69) is 5.32 Å². The number of hydrogen-bond donors (Lipinski definition) is 1. The number of nitrogens with one attached hydrogen (secondary N) is 1. The van der Waals surface area contributed by atoms with Gasteiger partial charge in [-0.25, -0.2) is 0 Å². The van der Waals surface area contributed by atoms with Crippen molar-refractivity contribution in [3.63, 3.8) is 0 Å². The molecule has 0 fully saturated rings. The molecule has 3 nitrogen and oxygen atoms in total. The quantitative estimate of drug-likeness (QED) is 0.885. The van der Waals surface area contributed by atoms with Gasteiger partial charge in [0.2, 0.25) is 5.91 Å². The summed E-state index contributed by atoms with van der Waals surface area (Å²) in [6, 6.07) is 19.7. The van der Waals surface area contributed by atoms with Gasteiger partial charge < -0.3 is 10.1 Å². The van der Waals surface area contributed by atoms with Crippen LogP contribution in [0.1, 0.15) is 24.0 Å². The van der Waals surface area contributed by atoms with Gasteiger partial charge in [-0.2, -0.15) is 0 Å². The van der Waals surface area contributed by atoms with E-state index in [1.165, 1.54) is 0 Å². The first-order chi connectivity index (χ1) is 10.2. The standard InChI is InChI=1S/C18H21NO2/c1-14(13-21-2)19-18(20)17(15-9-5-3-6-10-15)16-11-7-4-8-12-16/h3-12,14,17H,13H2,1-2H3,(H,19,20)/t14-/m0/s1. The molecular weight excluding hydrogens is 262 g/mol. The number of amides is 1. The normalized spacial score (nSPS) is 12.1. The largest absolute Gasteiger partial charge is 0.383 e. The number of carbonyl (C=O) groups excluding carboxylic acids is 1. The predicted octanol–water partition coefficient (Wildman–Crippen LogP) is 2.97. The average Bonchev–Trinajstić information content (AvgIpc) is 2.50. The molecule has 0 heterocycles. The van der Waals surface area contributed by atoms with Gasteiger partial charge in [-0.1, -0.05) is 60.7 Å². The van der Waals surface area contributed by atoms with E-state index in [-0.39, 0.29) is 17.9 Å². The van der Waals surface area contributed by atoms with Crippen LogP contribution in [0.2, 0.25) is 0 Å². The molecule has 0 unspecified atom stereocenters. The number of ether oxygens (including phenoxy) is 1. The maximum Gasteiger partial charge on any atom is 0.232 e. The van der Waals surface area contributed by atoms with E-state index >= 15 is 0 Å².